The Labute approximate surface area is 132 Å². The summed E-state index contributed by atoms with van der Waals surface area (Å²) in [5.74, 6) is -0.326. The number of aryl methyl sites for hydroxylation is 1. The molecule has 21 heavy (non-hydrogen) atoms. The second kappa shape index (κ2) is 7.59. The van der Waals surface area contributed by atoms with E-state index in [1.165, 1.54) is 4.88 Å². The van der Waals surface area contributed by atoms with Crippen LogP contribution in [0.3, 0.4) is 0 Å². The van der Waals surface area contributed by atoms with Crippen LogP contribution in [0.25, 0.3) is 0 Å². The molecule has 0 aliphatic heterocycles. The van der Waals surface area contributed by atoms with Gasteiger partial charge in [-0.2, -0.15) is 5.10 Å². The van der Waals surface area contributed by atoms with Crippen molar-refractivity contribution in [2.75, 3.05) is 13.2 Å². The number of halogens is 1. The van der Waals surface area contributed by atoms with Crippen molar-refractivity contribution in [2.45, 2.75) is 19.9 Å². The van der Waals surface area contributed by atoms with Crippen molar-refractivity contribution in [3.63, 3.8) is 0 Å². The van der Waals surface area contributed by atoms with Crippen LogP contribution in [0, 0.1) is 0 Å². The topological polar surface area (TPSA) is 56.1 Å². The van der Waals surface area contributed by atoms with Crippen LogP contribution in [-0.2, 0) is 24.8 Å². The third kappa shape index (κ3) is 4.30. The van der Waals surface area contributed by atoms with Gasteiger partial charge in [0, 0.05) is 25.0 Å². The summed E-state index contributed by atoms with van der Waals surface area (Å²) in [5, 5.41) is 7.44. The van der Waals surface area contributed by atoms with Crippen molar-refractivity contribution in [2.24, 2.45) is 7.05 Å². The molecule has 0 aliphatic carbocycles. The van der Waals surface area contributed by atoms with Crippen LogP contribution in [0.15, 0.2) is 18.3 Å². The Bertz CT molecular complexity index is 609. The first-order chi connectivity index (χ1) is 10.1. The summed E-state index contributed by atoms with van der Waals surface area (Å²) in [5.41, 5.74) is 1.35. The van der Waals surface area contributed by atoms with Gasteiger partial charge in [-0.1, -0.05) is 11.6 Å². The second-order valence-corrected chi connectivity index (χ2v) is 6.28. The fourth-order valence-corrected chi connectivity index (χ4v) is 3.04. The molecule has 0 bridgehead atoms. The first kappa shape index (κ1) is 16.0. The molecule has 2 rings (SSSR count). The lowest BCUT2D eigenvalue weighted by Gasteiger charge is -2.07. The molecule has 0 unspecified atom stereocenters. The Morgan fingerprint density at radius 3 is 3.00 bits per heavy atom. The molecule has 0 saturated carbocycles. The number of carbonyl (C=O) groups excluding carboxylic acids is 1. The van der Waals surface area contributed by atoms with Crippen LogP contribution in [0.2, 0.25) is 4.34 Å². The first-order valence-corrected chi connectivity index (χ1v) is 7.94. The highest BCUT2D eigenvalue weighted by molar-refractivity contribution is 7.16. The number of ether oxygens (including phenoxy) is 1. The Balaban J connectivity index is 1.88. The molecule has 0 aromatic carbocycles. The first-order valence-electron chi connectivity index (χ1n) is 6.74. The maximum atomic E-state index is 11.8. The molecular formula is C14H18ClN3O2S. The summed E-state index contributed by atoms with van der Waals surface area (Å²) in [6.45, 7) is 3.53. The van der Waals surface area contributed by atoms with Gasteiger partial charge in [-0.15, -0.1) is 11.3 Å². The van der Waals surface area contributed by atoms with E-state index in [0.717, 1.165) is 23.0 Å². The average molecular weight is 328 g/mol. The maximum Gasteiger partial charge on any atom is 0.341 e. The normalized spacial score (nSPS) is 10.8. The van der Waals surface area contributed by atoms with E-state index >= 15 is 0 Å². The number of aromatic nitrogens is 2. The van der Waals surface area contributed by atoms with E-state index in [4.69, 9.17) is 16.3 Å². The van der Waals surface area contributed by atoms with Gasteiger partial charge in [0.2, 0.25) is 0 Å². The fourth-order valence-electron chi connectivity index (χ4n) is 1.96. The van der Waals surface area contributed by atoms with Crippen LogP contribution >= 0.6 is 22.9 Å². The Morgan fingerprint density at radius 2 is 2.33 bits per heavy atom. The SMILES string of the molecule is CCOC(=O)c1cnn(C)c1CNCCc1ccc(Cl)s1. The monoisotopic (exact) mass is 327 g/mol. The van der Waals surface area contributed by atoms with E-state index in [1.807, 2.05) is 19.2 Å². The number of thiophene rings is 1. The molecule has 2 heterocycles. The lowest BCUT2D eigenvalue weighted by atomic mass is 10.2. The van der Waals surface area contributed by atoms with E-state index in [9.17, 15) is 4.79 Å². The van der Waals surface area contributed by atoms with E-state index in [1.54, 1.807) is 29.1 Å². The molecule has 114 valence electrons. The molecule has 0 amide bonds. The van der Waals surface area contributed by atoms with E-state index < -0.39 is 0 Å². The zero-order valence-corrected chi connectivity index (χ0v) is 13.6. The highest BCUT2D eigenvalue weighted by Crippen LogP contribution is 2.21. The number of carbonyl (C=O) groups is 1. The van der Waals surface area contributed by atoms with Crippen molar-refractivity contribution in [1.29, 1.82) is 0 Å². The summed E-state index contributed by atoms with van der Waals surface area (Å²) in [7, 11) is 1.82. The molecule has 0 spiro atoms. The van der Waals surface area contributed by atoms with Gasteiger partial charge in [0.1, 0.15) is 5.56 Å². The molecule has 1 N–H and O–H groups in total. The zero-order valence-electron chi connectivity index (χ0n) is 12.1. The third-order valence-electron chi connectivity index (χ3n) is 3.03. The van der Waals surface area contributed by atoms with Crippen LogP contribution < -0.4 is 5.32 Å². The van der Waals surface area contributed by atoms with Crippen molar-refractivity contribution in [3.8, 4) is 0 Å². The smallest absolute Gasteiger partial charge is 0.341 e. The molecule has 7 heteroatoms. The molecule has 5 nitrogen and oxygen atoms in total. The van der Waals surface area contributed by atoms with Gasteiger partial charge in [-0.05, 0) is 25.5 Å². The summed E-state index contributed by atoms with van der Waals surface area (Å²) in [4.78, 5) is 13.1. The highest BCUT2D eigenvalue weighted by Gasteiger charge is 2.16. The zero-order chi connectivity index (χ0) is 15.2. The predicted molar refractivity (Wildman–Crippen MR) is 83.9 cm³/mol. The Hall–Kier alpha value is -1.37. The second-order valence-electron chi connectivity index (χ2n) is 4.48. The number of nitrogens with zero attached hydrogens (tertiary/aromatic N) is 2. The Morgan fingerprint density at radius 1 is 1.52 bits per heavy atom. The third-order valence-corrected chi connectivity index (χ3v) is 4.32. The minimum Gasteiger partial charge on any atom is -0.462 e. The largest absolute Gasteiger partial charge is 0.462 e. The minimum atomic E-state index is -0.326. The van der Waals surface area contributed by atoms with Gasteiger partial charge in [-0.25, -0.2) is 4.79 Å². The van der Waals surface area contributed by atoms with Crippen molar-refractivity contribution < 1.29 is 9.53 Å². The molecule has 0 saturated heterocycles. The summed E-state index contributed by atoms with van der Waals surface area (Å²) < 4.78 is 7.53. The molecule has 2 aromatic heterocycles. The van der Waals surface area contributed by atoms with Crippen LogP contribution in [0.1, 0.15) is 27.9 Å². The predicted octanol–water partition coefficient (Wildman–Crippen LogP) is 2.64. The number of hydrogen-bond donors (Lipinski definition) is 1. The molecule has 0 aliphatic rings. The number of hydrogen-bond acceptors (Lipinski definition) is 5. The lowest BCUT2D eigenvalue weighted by molar-refractivity contribution is 0.0524. The van der Waals surface area contributed by atoms with E-state index in [-0.39, 0.29) is 5.97 Å². The number of esters is 1. The fraction of sp³-hybridized carbons (Fsp3) is 0.429. The van der Waals surface area contributed by atoms with Gasteiger partial charge in [0.25, 0.3) is 0 Å². The van der Waals surface area contributed by atoms with Gasteiger partial charge in [0.05, 0.1) is 22.8 Å². The van der Waals surface area contributed by atoms with Crippen LogP contribution in [-0.4, -0.2) is 28.9 Å². The summed E-state index contributed by atoms with van der Waals surface area (Å²) >= 11 is 7.48. The average Bonchev–Trinajstić information content (AvgIpc) is 3.02. The molecule has 0 atom stereocenters. The molecule has 0 radical (unpaired) electrons. The molecule has 2 aromatic rings. The highest BCUT2D eigenvalue weighted by atomic mass is 35.5. The quantitative estimate of drug-likeness (QED) is 0.627. The van der Waals surface area contributed by atoms with E-state index in [0.29, 0.717) is 18.7 Å². The van der Waals surface area contributed by atoms with Crippen LogP contribution in [0.4, 0.5) is 0 Å². The van der Waals surface area contributed by atoms with E-state index in [2.05, 4.69) is 10.4 Å². The maximum absolute atomic E-state index is 11.8. The van der Waals surface area contributed by atoms with Gasteiger partial charge < -0.3 is 10.1 Å². The molecular weight excluding hydrogens is 310 g/mol. The standard InChI is InChI=1S/C14H18ClN3O2S/c1-3-20-14(19)11-8-17-18(2)12(11)9-16-7-6-10-4-5-13(15)21-10/h4-5,8,16H,3,6-7,9H2,1-2H3. The lowest BCUT2D eigenvalue weighted by Crippen LogP contribution is -2.20. The van der Waals surface area contributed by atoms with Gasteiger partial charge >= 0.3 is 5.97 Å². The van der Waals surface area contributed by atoms with Gasteiger partial charge in [-0.3, -0.25) is 4.68 Å². The van der Waals surface area contributed by atoms with Crippen molar-refractivity contribution in [3.05, 3.63) is 38.8 Å². The summed E-state index contributed by atoms with van der Waals surface area (Å²) in [6.07, 6.45) is 2.46. The number of rotatable bonds is 7. The van der Waals surface area contributed by atoms with Crippen molar-refractivity contribution in [1.82, 2.24) is 15.1 Å². The number of nitrogens with one attached hydrogen (secondary N) is 1. The van der Waals surface area contributed by atoms with Gasteiger partial charge in [0.15, 0.2) is 0 Å². The summed E-state index contributed by atoms with van der Waals surface area (Å²) in [6, 6.07) is 3.93. The minimum absolute atomic E-state index is 0.326. The Kier molecular flexibility index (Phi) is 5.78. The van der Waals surface area contributed by atoms with Crippen molar-refractivity contribution >= 4 is 28.9 Å². The molecule has 0 fully saturated rings. The van der Waals surface area contributed by atoms with Crippen LogP contribution in [0.5, 0.6) is 0 Å².